The Labute approximate surface area is 197 Å². The van der Waals surface area contributed by atoms with Crippen LogP contribution in [-0.2, 0) is 24.2 Å². The normalized spacial score (nSPS) is 18.7. The number of hydrogen-bond acceptors (Lipinski definition) is 3. The van der Waals surface area contributed by atoms with Gasteiger partial charge >= 0.3 is 0 Å². The van der Waals surface area contributed by atoms with Crippen molar-refractivity contribution < 1.29 is 4.74 Å². The number of rotatable bonds is 7. The average molecular weight is 520 g/mol. The zero-order chi connectivity index (χ0) is 19.9. The molecule has 2 aliphatic rings. The third kappa shape index (κ3) is 5.95. The fourth-order valence-corrected chi connectivity index (χ4v) is 4.14. The number of morpholine rings is 1. The molecule has 2 N–H and O–H groups in total. The Morgan fingerprint density at radius 2 is 1.77 bits per heavy atom. The number of fused-ring (bicyclic) bond motifs is 1. The summed E-state index contributed by atoms with van der Waals surface area (Å²) in [5, 5.41) is 6.94. The number of nitrogens with one attached hydrogen (secondary N) is 2. The molecule has 0 aromatic heterocycles. The number of guanidine groups is 1. The first-order valence-electron chi connectivity index (χ1n) is 10.8. The molecule has 1 fully saturated rings. The van der Waals surface area contributed by atoms with E-state index < -0.39 is 0 Å². The number of aliphatic imine (C=N–C) groups is 1. The van der Waals surface area contributed by atoms with Crippen LogP contribution in [0, 0.1) is 0 Å². The lowest BCUT2D eigenvalue weighted by Crippen LogP contribution is -2.41. The van der Waals surface area contributed by atoms with Gasteiger partial charge in [0.25, 0.3) is 0 Å². The summed E-state index contributed by atoms with van der Waals surface area (Å²) in [5.41, 5.74) is 5.62. The molecule has 1 heterocycles. The Bertz CT molecular complexity index is 835. The minimum absolute atomic E-state index is 0. The van der Waals surface area contributed by atoms with Crippen molar-refractivity contribution >= 4 is 29.9 Å². The third-order valence-corrected chi connectivity index (χ3v) is 5.84. The van der Waals surface area contributed by atoms with Crippen LogP contribution in [-0.4, -0.2) is 50.3 Å². The van der Waals surface area contributed by atoms with Gasteiger partial charge in [0.1, 0.15) is 0 Å². The molecule has 30 heavy (non-hydrogen) atoms. The molecule has 1 unspecified atom stereocenters. The highest BCUT2D eigenvalue weighted by molar-refractivity contribution is 14.0. The molecule has 1 saturated heterocycles. The number of halogens is 1. The first-order valence-corrected chi connectivity index (χ1v) is 10.8. The van der Waals surface area contributed by atoms with Gasteiger partial charge in [-0.3, -0.25) is 4.90 Å². The van der Waals surface area contributed by atoms with E-state index in [1.807, 2.05) is 0 Å². The van der Waals surface area contributed by atoms with E-state index in [0.29, 0.717) is 12.5 Å². The first kappa shape index (κ1) is 23.0. The Kier molecular flexibility index (Phi) is 8.96. The molecule has 0 bridgehead atoms. The fraction of sp³-hybridized carbons (Fsp3) is 0.458. The minimum atomic E-state index is 0. The van der Waals surface area contributed by atoms with Crippen LogP contribution < -0.4 is 10.6 Å². The lowest BCUT2D eigenvalue weighted by Gasteiger charge is -2.30. The van der Waals surface area contributed by atoms with E-state index in [1.54, 1.807) is 0 Å². The van der Waals surface area contributed by atoms with Gasteiger partial charge in [-0.05, 0) is 35.6 Å². The van der Waals surface area contributed by atoms with Crippen LogP contribution in [0.5, 0.6) is 0 Å². The Balaban J connectivity index is 0.00000256. The van der Waals surface area contributed by atoms with E-state index in [4.69, 9.17) is 9.73 Å². The van der Waals surface area contributed by atoms with Crippen molar-refractivity contribution in [3.63, 3.8) is 0 Å². The molecule has 0 spiro atoms. The third-order valence-electron chi connectivity index (χ3n) is 5.84. The summed E-state index contributed by atoms with van der Waals surface area (Å²) >= 11 is 0. The van der Waals surface area contributed by atoms with Gasteiger partial charge in [0.15, 0.2) is 5.96 Å². The van der Waals surface area contributed by atoms with Gasteiger partial charge in [0.05, 0.1) is 19.8 Å². The van der Waals surface area contributed by atoms with E-state index in [0.717, 1.165) is 58.3 Å². The highest BCUT2D eigenvalue weighted by atomic mass is 127. The molecule has 0 amide bonds. The maximum Gasteiger partial charge on any atom is 0.191 e. The molecule has 5 nitrogen and oxygen atoms in total. The first-order chi connectivity index (χ1) is 14.3. The van der Waals surface area contributed by atoms with Gasteiger partial charge in [0, 0.05) is 38.6 Å². The number of benzene rings is 2. The molecule has 1 aliphatic carbocycles. The summed E-state index contributed by atoms with van der Waals surface area (Å²) in [4.78, 5) is 7.34. The van der Waals surface area contributed by atoms with Crippen molar-refractivity contribution in [1.82, 2.24) is 15.5 Å². The van der Waals surface area contributed by atoms with Gasteiger partial charge in [-0.2, -0.15) is 0 Å². The van der Waals surface area contributed by atoms with E-state index in [2.05, 4.69) is 71.0 Å². The van der Waals surface area contributed by atoms with Crippen LogP contribution in [0.1, 0.15) is 35.1 Å². The van der Waals surface area contributed by atoms with Crippen LogP contribution in [0.4, 0.5) is 0 Å². The van der Waals surface area contributed by atoms with Gasteiger partial charge in [-0.25, -0.2) is 4.99 Å². The summed E-state index contributed by atoms with van der Waals surface area (Å²) in [7, 11) is 0. The molecule has 6 heteroatoms. The SMILES string of the molecule is CCNC(=NCc1ccccc1CN1CCOCC1)NCC1Cc2ccccc21.I. The van der Waals surface area contributed by atoms with Crippen molar-refractivity contribution in [2.45, 2.75) is 32.4 Å². The van der Waals surface area contributed by atoms with Crippen molar-refractivity contribution in [3.05, 3.63) is 70.8 Å². The summed E-state index contributed by atoms with van der Waals surface area (Å²) in [6.07, 6.45) is 1.16. The summed E-state index contributed by atoms with van der Waals surface area (Å²) in [5.74, 6) is 1.49. The Morgan fingerprint density at radius 3 is 2.53 bits per heavy atom. The van der Waals surface area contributed by atoms with Crippen molar-refractivity contribution in [2.24, 2.45) is 4.99 Å². The number of ether oxygens (including phenoxy) is 1. The summed E-state index contributed by atoms with van der Waals surface area (Å²) < 4.78 is 5.48. The zero-order valence-electron chi connectivity index (χ0n) is 17.8. The standard InChI is InChI=1S/C24H32N4O.HI/c1-2-25-24(27-17-22-15-19-7-5-6-10-23(19)22)26-16-20-8-3-4-9-21(20)18-28-11-13-29-14-12-28;/h3-10,22H,2,11-18H2,1H3,(H2,25,26,27);1H. The Morgan fingerprint density at radius 1 is 1.03 bits per heavy atom. The second-order valence-electron chi connectivity index (χ2n) is 7.83. The largest absolute Gasteiger partial charge is 0.379 e. The van der Waals surface area contributed by atoms with Crippen LogP contribution in [0.2, 0.25) is 0 Å². The van der Waals surface area contributed by atoms with E-state index in [9.17, 15) is 0 Å². The van der Waals surface area contributed by atoms with Gasteiger partial charge in [-0.15, -0.1) is 24.0 Å². The summed E-state index contributed by atoms with van der Waals surface area (Å²) in [6, 6.07) is 17.4. The molecule has 2 aromatic carbocycles. The highest BCUT2D eigenvalue weighted by Crippen LogP contribution is 2.33. The van der Waals surface area contributed by atoms with Crippen molar-refractivity contribution in [3.8, 4) is 0 Å². The molecule has 1 atom stereocenters. The van der Waals surface area contributed by atoms with Gasteiger partial charge < -0.3 is 15.4 Å². The van der Waals surface area contributed by atoms with Crippen LogP contribution in [0.25, 0.3) is 0 Å². The van der Waals surface area contributed by atoms with E-state index in [1.165, 1.54) is 22.3 Å². The van der Waals surface area contributed by atoms with Crippen LogP contribution in [0.3, 0.4) is 0 Å². The monoisotopic (exact) mass is 520 g/mol. The fourth-order valence-electron chi connectivity index (χ4n) is 4.14. The average Bonchev–Trinajstić information content (AvgIpc) is 2.74. The van der Waals surface area contributed by atoms with E-state index >= 15 is 0 Å². The van der Waals surface area contributed by atoms with Gasteiger partial charge in [-0.1, -0.05) is 48.5 Å². The zero-order valence-corrected chi connectivity index (χ0v) is 20.1. The predicted molar refractivity (Wildman–Crippen MR) is 134 cm³/mol. The van der Waals surface area contributed by atoms with Crippen molar-refractivity contribution in [2.75, 3.05) is 39.4 Å². The predicted octanol–water partition coefficient (Wildman–Crippen LogP) is 3.53. The summed E-state index contributed by atoms with van der Waals surface area (Å²) in [6.45, 7) is 9.24. The lowest BCUT2D eigenvalue weighted by atomic mass is 9.78. The Hall–Kier alpha value is -1.64. The molecule has 0 saturated carbocycles. The van der Waals surface area contributed by atoms with E-state index in [-0.39, 0.29) is 24.0 Å². The topological polar surface area (TPSA) is 48.9 Å². The molecule has 4 rings (SSSR count). The van der Waals surface area contributed by atoms with Gasteiger partial charge in [0.2, 0.25) is 0 Å². The lowest BCUT2D eigenvalue weighted by molar-refractivity contribution is 0.0341. The molecular formula is C24H33IN4O. The molecular weight excluding hydrogens is 487 g/mol. The highest BCUT2D eigenvalue weighted by Gasteiger charge is 2.25. The smallest absolute Gasteiger partial charge is 0.191 e. The second-order valence-corrected chi connectivity index (χ2v) is 7.83. The maximum absolute atomic E-state index is 5.48. The van der Waals surface area contributed by atoms with Crippen LogP contribution in [0.15, 0.2) is 53.5 Å². The number of nitrogens with zero attached hydrogens (tertiary/aromatic N) is 2. The minimum Gasteiger partial charge on any atom is -0.379 e. The molecule has 1 aliphatic heterocycles. The maximum atomic E-state index is 5.48. The molecule has 162 valence electrons. The quantitative estimate of drug-likeness (QED) is 0.333. The van der Waals surface area contributed by atoms with Crippen LogP contribution >= 0.6 is 24.0 Å². The molecule has 2 aromatic rings. The number of hydrogen-bond donors (Lipinski definition) is 2. The second kappa shape index (κ2) is 11.7. The van der Waals surface area contributed by atoms with Crippen molar-refractivity contribution in [1.29, 1.82) is 0 Å². The molecule has 0 radical (unpaired) electrons.